The van der Waals surface area contributed by atoms with Crippen molar-refractivity contribution in [2.45, 2.75) is 57.5 Å². The largest absolute Gasteiger partial charge is 0.476 e. The van der Waals surface area contributed by atoms with Gasteiger partial charge in [-0.05, 0) is 57.2 Å². The van der Waals surface area contributed by atoms with Gasteiger partial charge in [0.25, 0.3) is 0 Å². The quantitative estimate of drug-likeness (QED) is 0.874. The van der Waals surface area contributed by atoms with E-state index in [1.165, 1.54) is 45.1 Å². The molecule has 3 unspecified atom stereocenters. The van der Waals surface area contributed by atoms with Gasteiger partial charge < -0.3 is 15.4 Å². The molecule has 1 aliphatic carbocycles. The topological polar surface area (TPSA) is 46.2 Å². The van der Waals surface area contributed by atoms with Gasteiger partial charge in [0.15, 0.2) is 0 Å². The molecule has 2 N–H and O–H groups in total. The minimum atomic E-state index is 0.540. The van der Waals surface area contributed by atoms with Gasteiger partial charge in [-0.25, -0.2) is 4.98 Å². The number of nitrogens with zero attached hydrogens (tertiary/aromatic N) is 1. The second-order valence-electron chi connectivity index (χ2n) is 6.19. The standard InChI is InChI=1S/C17H27N3O/c1-2-21-17-16(10-6-12-19-17)20-15-8-4-3-7-13(15)14-9-5-11-18-14/h6,10,12-15,18,20H,2-5,7-9,11H2,1H3. The predicted octanol–water partition coefficient (Wildman–Crippen LogP) is 3.20. The molecule has 0 spiro atoms. The summed E-state index contributed by atoms with van der Waals surface area (Å²) in [6.07, 6.45) is 9.73. The van der Waals surface area contributed by atoms with E-state index >= 15 is 0 Å². The molecule has 4 heteroatoms. The van der Waals surface area contributed by atoms with Crippen molar-refractivity contribution >= 4 is 5.69 Å². The van der Waals surface area contributed by atoms with Crippen LogP contribution in [0.2, 0.25) is 0 Å². The molecular formula is C17H27N3O. The average Bonchev–Trinajstić information content (AvgIpc) is 3.04. The number of pyridine rings is 1. The number of nitrogens with one attached hydrogen (secondary N) is 2. The average molecular weight is 289 g/mol. The van der Waals surface area contributed by atoms with E-state index in [9.17, 15) is 0 Å². The van der Waals surface area contributed by atoms with Crippen LogP contribution in [0.3, 0.4) is 0 Å². The van der Waals surface area contributed by atoms with Crippen molar-refractivity contribution in [3.05, 3.63) is 18.3 Å². The Kier molecular flexibility index (Phi) is 4.96. The first-order chi connectivity index (χ1) is 10.4. The van der Waals surface area contributed by atoms with E-state index in [-0.39, 0.29) is 0 Å². The normalized spacial score (nSPS) is 29.3. The Balaban J connectivity index is 1.72. The fourth-order valence-electron chi connectivity index (χ4n) is 3.85. The molecule has 0 radical (unpaired) electrons. The van der Waals surface area contributed by atoms with Gasteiger partial charge >= 0.3 is 0 Å². The summed E-state index contributed by atoms with van der Waals surface area (Å²) in [5.41, 5.74) is 1.05. The molecule has 0 bridgehead atoms. The van der Waals surface area contributed by atoms with Crippen molar-refractivity contribution < 1.29 is 4.74 Å². The molecule has 2 aliphatic rings. The molecule has 1 aromatic rings. The minimum Gasteiger partial charge on any atom is -0.476 e. The molecule has 3 rings (SSSR count). The molecule has 1 aromatic heterocycles. The summed E-state index contributed by atoms with van der Waals surface area (Å²) in [6, 6.07) is 5.30. The molecule has 2 fully saturated rings. The van der Waals surface area contributed by atoms with Gasteiger partial charge in [0.2, 0.25) is 5.88 Å². The molecule has 4 nitrogen and oxygen atoms in total. The number of ether oxygens (including phenoxy) is 1. The molecule has 0 amide bonds. The van der Waals surface area contributed by atoms with E-state index in [1.54, 1.807) is 6.20 Å². The van der Waals surface area contributed by atoms with Crippen LogP contribution >= 0.6 is 0 Å². The summed E-state index contributed by atoms with van der Waals surface area (Å²) < 4.78 is 5.65. The van der Waals surface area contributed by atoms with Crippen molar-refractivity contribution in [2.24, 2.45) is 5.92 Å². The van der Waals surface area contributed by atoms with E-state index in [2.05, 4.69) is 21.7 Å². The third-order valence-electron chi connectivity index (χ3n) is 4.83. The van der Waals surface area contributed by atoms with Gasteiger partial charge in [-0.1, -0.05) is 12.8 Å². The third-order valence-corrected chi connectivity index (χ3v) is 4.83. The van der Waals surface area contributed by atoms with Crippen LogP contribution in [0, 0.1) is 5.92 Å². The second kappa shape index (κ2) is 7.12. The predicted molar refractivity (Wildman–Crippen MR) is 85.8 cm³/mol. The summed E-state index contributed by atoms with van der Waals surface area (Å²) in [7, 11) is 0. The number of aromatic nitrogens is 1. The molecule has 2 heterocycles. The van der Waals surface area contributed by atoms with Gasteiger partial charge in [-0.2, -0.15) is 0 Å². The van der Waals surface area contributed by atoms with Gasteiger partial charge in [-0.3, -0.25) is 0 Å². The van der Waals surface area contributed by atoms with Crippen LogP contribution in [0.4, 0.5) is 5.69 Å². The highest BCUT2D eigenvalue weighted by Crippen LogP contribution is 2.34. The van der Waals surface area contributed by atoms with Crippen molar-refractivity contribution in [3.63, 3.8) is 0 Å². The fraction of sp³-hybridized carbons (Fsp3) is 0.706. The summed E-state index contributed by atoms with van der Waals surface area (Å²) in [5, 5.41) is 7.43. The molecule has 116 valence electrons. The van der Waals surface area contributed by atoms with Crippen molar-refractivity contribution in [1.82, 2.24) is 10.3 Å². The maximum absolute atomic E-state index is 5.65. The van der Waals surface area contributed by atoms with E-state index in [1.807, 2.05) is 13.0 Å². The van der Waals surface area contributed by atoms with Gasteiger partial charge in [0.1, 0.15) is 0 Å². The molecule has 1 saturated carbocycles. The number of anilines is 1. The maximum Gasteiger partial charge on any atom is 0.237 e. The first kappa shape index (κ1) is 14.6. The Hall–Kier alpha value is -1.29. The Morgan fingerprint density at radius 1 is 1.29 bits per heavy atom. The van der Waals surface area contributed by atoms with E-state index in [0.29, 0.717) is 18.7 Å². The lowest BCUT2D eigenvalue weighted by atomic mass is 9.79. The molecule has 21 heavy (non-hydrogen) atoms. The number of rotatable bonds is 5. The highest BCUT2D eigenvalue weighted by Gasteiger charge is 2.33. The third kappa shape index (κ3) is 3.49. The summed E-state index contributed by atoms with van der Waals surface area (Å²) in [6.45, 7) is 3.85. The molecule has 1 saturated heterocycles. The zero-order valence-corrected chi connectivity index (χ0v) is 13.0. The van der Waals surface area contributed by atoms with Crippen LogP contribution in [0.1, 0.15) is 45.4 Å². The minimum absolute atomic E-state index is 0.540. The Bertz CT molecular complexity index is 445. The summed E-state index contributed by atoms with van der Waals surface area (Å²) in [4.78, 5) is 4.36. The maximum atomic E-state index is 5.65. The molecule has 0 aromatic carbocycles. The Morgan fingerprint density at radius 2 is 2.19 bits per heavy atom. The van der Waals surface area contributed by atoms with Crippen LogP contribution in [-0.4, -0.2) is 30.2 Å². The molecule has 1 aliphatic heterocycles. The fourth-order valence-corrected chi connectivity index (χ4v) is 3.85. The van der Waals surface area contributed by atoms with Crippen LogP contribution in [0.5, 0.6) is 5.88 Å². The molecule has 3 atom stereocenters. The number of hydrogen-bond donors (Lipinski definition) is 2. The summed E-state index contributed by atoms with van der Waals surface area (Å²) in [5.74, 6) is 1.47. The monoisotopic (exact) mass is 289 g/mol. The first-order valence-electron chi connectivity index (χ1n) is 8.46. The molecular weight excluding hydrogens is 262 g/mol. The van der Waals surface area contributed by atoms with Gasteiger partial charge in [0.05, 0.1) is 12.3 Å². The zero-order chi connectivity index (χ0) is 14.5. The second-order valence-corrected chi connectivity index (χ2v) is 6.19. The lowest BCUT2D eigenvalue weighted by Crippen LogP contribution is -2.43. The smallest absolute Gasteiger partial charge is 0.237 e. The van der Waals surface area contributed by atoms with Gasteiger partial charge in [-0.15, -0.1) is 0 Å². The highest BCUT2D eigenvalue weighted by atomic mass is 16.5. The lowest BCUT2D eigenvalue weighted by molar-refractivity contribution is 0.261. The van der Waals surface area contributed by atoms with Crippen LogP contribution in [-0.2, 0) is 0 Å². The van der Waals surface area contributed by atoms with Gasteiger partial charge in [0, 0.05) is 18.3 Å². The Morgan fingerprint density at radius 3 is 3.00 bits per heavy atom. The first-order valence-corrected chi connectivity index (χ1v) is 8.46. The van der Waals surface area contributed by atoms with Crippen LogP contribution in [0.25, 0.3) is 0 Å². The zero-order valence-electron chi connectivity index (χ0n) is 13.0. The Labute approximate surface area is 127 Å². The van der Waals surface area contributed by atoms with E-state index in [0.717, 1.165) is 17.5 Å². The summed E-state index contributed by atoms with van der Waals surface area (Å²) >= 11 is 0. The van der Waals surface area contributed by atoms with Crippen molar-refractivity contribution in [1.29, 1.82) is 0 Å². The van der Waals surface area contributed by atoms with Crippen molar-refractivity contribution in [2.75, 3.05) is 18.5 Å². The van der Waals surface area contributed by atoms with Crippen LogP contribution < -0.4 is 15.4 Å². The van der Waals surface area contributed by atoms with E-state index < -0.39 is 0 Å². The number of hydrogen-bond acceptors (Lipinski definition) is 4. The van der Waals surface area contributed by atoms with Crippen LogP contribution in [0.15, 0.2) is 18.3 Å². The highest BCUT2D eigenvalue weighted by molar-refractivity contribution is 5.53. The lowest BCUT2D eigenvalue weighted by Gasteiger charge is -2.37. The van der Waals surface area contributed by atoms with E-state index in [4.69, 9.17) is 4.74 Å². The van der Waals surface area contributed by atoms with Crippen molar-refractivity contribution in [3.8, 4) is 5.88 Å². The SMILES string of the molecule is CCOc1ncccc1NC1CCCCC1C1CCCN1.